The molecule has 98 valence electrons. The van der Waals surface area contributed by atoms with Crippen molar-refractivity contribution in [1.82, 2.24) is 4.98 Å². The predicted octanol–water partition coefficient (Wildman–Crippen LogP) is 2.41. The zero-order chi connectivity index (χ0) is 13.3. The van der Waals surface area contributed by atoms with E-state index in [9.17, 15) is 18.0 Å². The molecule has 0 aliphatic heterocycles. The molecule has 0 radical (unpaired) electrons. The van der Waals surface area contributed by atoms with Gasteiger partial charge in [0.05, 0.1) is 5.56 Å². The monoisotopic (exact) mass is 258 g/mol. The van der Waals surface area contributed by atoms with E-state index in [0.29, 0.717) is 19.3 Å². The first kappa shape index (κ1) is 13.0. The number of Topliss-reactive ketones (excluding diaryl/α,β-unsaturated/α-hetero) is 1. The summed E-state index contributed by atoms with van der Waals surface area (Å²) in [4.78, 5) is 15.7. The number of pyridine rings is 1. The quantitative estimate of drug-likeness (QED) is 0.829. The molecule has 2 N–H and O–H groups in total. The van der Waals surface area contributed by atoms with E-state index in [-0.39, 0.29) is 11.6 Å². The number of halogens is 3. The molecule has 1 aromatic rings. The molecule has 2 atom stereocenters. The van der Waals surface area contributed by atoms with Gasteiger partial charge in [-0.3, -0.25) is 9.78 Å². The second-order valence-corrected chi connectivity index (χ2v) is 4.55. The van der Waals surface area contributed by atoms with Crippen LogP contribution in [0.2, 0.25) is 0 Å². The topological polar surface area (TPSA) is 56.0 Å². The number of rotatable bonds is 2. The Hall–Kier alpha value is -1.43. The first-order valence-electron chi connectivity index (χ1n) is 5.70. The van der Waals surface area contributed by atoms with Crippen LogP contribution in [-0.4, -0.2) is 16.8 Å². The van der Waals surface area contributed by atoms with Crippen LogP contribution in [-0.2, 0) is 6.18 Å². The number of ketones is 1. The van der Waals surface area contributed by atoms with Crippen LogP contribution >= 0.6 is 0 Å². The van der Waals surface area contributed by atoms with E-state index in [1.54, 1.807) is 0 Å². The normalized spacial score (nSPS) is 24.2. The van der Waals surface area contributed by atoms with Gasteiger partial charge in [-0.15, -0.1) is 0 Å². The Kier molecular flexibility index (Phi) is 3.38. The molecule has 1 aliphatic rings. The molecule has 0 aromatic carbocycles. The Bertz CT molecular complexity index is 459. The van der Waals surface area contributed by atoms with Crippen molar-refractivity contribution in [3.05, 3.63) is 29.6 Å². The lowest BCUT2D eigenvalue weighted by molar-refractivity contribution is -0.138. The number of aromatic nitrogens is 1. The predicted molar refractivity (Wildman–Crippen MR) is 58.9 cm³/mol. The van der Waals surface area contributed by atoms with Gasteiger partial charge in [0.1, 0.15) is 0 Å². The summed E-state index contributed by atoms with van der Waals surface area (Å²) >= 11 is 0. The van der Waals surface area contributed by atoms with Crippen molar-refractivity contribution in [3.63, 3.8) is 0 Å². The lowest BCUT2D eigenvalue weighted by atomic mass is 9.94. The lowest BCUT2D eigenvalue weighted by Gasteiger charge is -2.14. The van der Waals surface area contributed by atoms with Crippen LogP contribution in [0.1, 0.15) is 35.2 Å². The van der Waals surface area contributed by atoms with Gasteiger partial charge in [0, 0.05) is 29.9 Å². The van der Waals surface area contributed by atoms with E-state index < -0.39 is 23.4 Å². The van der Waals surface area contributed by atoms with Crippen molar-refractivity contribution in [1.29, 1.82) is 0 Å². The van der Waals surface area contributed by atoms with Crippen LogP contribution in [0, 0.1) is 5.92 Å². The van der Waals surface area contributed by atoms with Gasteiger partial charge in [0.25, 0.3) is 0 Å². The van der Waals surface area contributed by atoms with Gasteiger partial charge >= 0.3 is 6.18 Å². The number of hydrogen-bond acceptors (Lipinski definition) is 3. The number of carbonyl (C=O) groups excluding carboxylic acids is 1. The summed E-state index contributed by atoms with van der Waals surface area (Å²) in [7, 11) is 0. The van der Waals surface area contributed by atoms with Crippen LogP contribution < -0.4 is 5.73 Å². The molecule has 0 bridgehead atoms. The molecular weight excluding hydrogens is 245 g/mol. The summed E-state index contributed by atoms with van der Waals surface area (Å²) in [5.41, 5.74) is 4.42. The number of nitrogens with two attached hydrogens (primary N) is 1. The van der Waals surface area contributed by atoms with Crippen molar-refractivity contribution in [2.75, 3.05) is 0 Å². The molecule has 6 heteroatoms. The molecule has 0 spiro atoms. The van der Waals surface area contributed by atoms with E-state index >= 15 is 0 Å². The minimum absolute atomic E-state index is 0.0926. The molecule has 1 aromatic heterocycles. The number of hydrogen-bond donors (Lipinski definition) is 1. The second kappa shape index (κ2) is 4.68. The first-order chi connectivity index (χ1) is 8.39. The van der Waals surface area contributed by atoms with Crippen molar-refractivity contribution in [2.45, 2.75) is 31.5 Å². The molecule has 18 heavy (non-hydrogen) atoms. The van der Waals surface area contributed by atoms with Crippen LogP contribution in [0.3, 0.4) is 0 Å². The lowest BCUT2D eigenvalue weighted by Crippen LogP contribution is -2.21. The molecule has 0 saturated heterocycles. The summed E-state index contributed by atoms with van der Waals surface area (Å²) in [6, 6.07) is 0.743. The van der Waals surface area contributed by atoms with E-state index in [2.05, 4.69) is 4.98 Å². The molecule has 2 rings (SSSR count). The minimum Gasteiger partial charge on any atom is -0.328 e. The highest BCUT2D eigenvalue weighted by atomic mass is 19.4. The number of carbonyl (C=O) groups is 1. The maximum atomic E-state index is 12.8. The zero-order valence-electron chi connectivity index (χ0n) is 9.57. The maximum Gasteiger partial charge on any atom is 0.417 e. The Labute approximate surface area is 102 Å². The molecular formula is C12H13F3N2O. The third-order valence-electron chi connectivity index (χ3n) is 3.24. The van der Waals surface area contributed by atoms with Crippen LogP contribution in [0.5, 0.6) is 0 Å². The number of alkyl halides is 3. The van der Waals surface area contributed by atoms with Crippen LogP contribution in [0.25, 0.3) is 0 Å². The molecule has 3 nitrogen and oxygen atoms in total. The van der Waals surface area contributed by atoms with E-state index in [0.717, 1.165) is 18.5 Å². The first-order valence-corrected chi connectivity index (χ1v) is 5.70. The van der Waals surface area contributed by atoms with Gasteiger partial charge in [-0.1, -0.05) is 0 Å². The average Bonchev–Trinajstić information content (AvgIpc) is 2.74. The highest BCUT2D eigenvalue weighted by molar-refractivity contribution is 5.99. The van der Waals surface area contributed by atoms with Gasteiger partial charge in [-0.2, -0.15) is 13.2 Å². The summed E-state index contributed by atoms with van der Waals surface area (Å²) < 4.78 is 38.3. The van der Waals surface area contributed by atoms with Gasteiger partial charge in [-0.05, 0) is 25.3 Å². The Morgan fingerprint density at radius 1 is 1.39 bits per heavy atom. The summed E-state index contributed by atoms with van der Waals surface area (Å²) in [6.45, 7) is 0. The van der Waals surface area contributed by atoms with Crippen molar-refractivity contribution in [3.8, 4) is 0 Å². The maximum absolute atomic E-state index is 12.8. The Morgan fingerprint density at radius 3 is 2.67 bits per heavy atom. The van der Waals surface area contributed by atoms with Gasteiger partial charge in [-0.25, -0.2) is 0 Å². The number of nitrogens with zero attached hydrogens (tertiary/aromatic N) is 1. The third kappa shape index (κ3) is 2.53. The average molecular weight is 258 g/mol. The van der Waals surface area contributed by atoms with Crippen molar-refractivity contribution >= 4 is 5.78 Å². The van der Waals surface area contributed by atoms with Crippen molar-refractivity contribution < 1.29 is 18.0 Å². The fraction of sp³-hybridized carbons (Fsp3) is 0.500. The van der Waals surface area contributed by atoms with Crippen LogP contribution in [0.15, 0.2) is 18.5 Å². The summed E-state index contributed by atoms with van der Waals surface area (Å²) in [5, 5.41) is 0. The molecule has 1 aliphatic carbocycles. The minimum atomic E-state index is -4.53. The van der Waals surface area contributed by atoms with E-state index in [1.165, 1.54) is 0 Å². The Morgan fingerprint density at radius 2 is 2.11 bits per heavy atom. The highest BCUT2D eigenvalue weighted by Gasteiger charge is 2.38. The van der Waals surface area contributed by atoms with Gasteiger partial charge in [0.2, 0.25) is 0 Å². The smallest absolute Gasteiger partial charge is 0.328 e. The van der Waals surface area contributed by atoms with E-state index in [1.807, 2.05) is 0 Å². The molecule has 1 fully saturated rings. The van der Waals surface area contributed by atoms with Gasteiger partial charge < -0.3 is 5.73 Å². The fourth-order valence-corrected chi connectivity index (χ4v) is 2.31. The molecule has 1 heterocycles. The fourth-order valence-electron chi connectivity index (χ4n) is 2.31. The van der Waals surface area contributed by atoms with Crippen LogP contribution in [0.4, 0.5) is 13.2 Å². The Balaban J connectivity index is 2.31. The van der Waals surface area contributed by atoms with Gasteiger partial charge in [0.15, 0.2) is 5.78 Å². The van der Waals surface area contributed by atoms with E-state index in [4.69, 9.17) is 5.73 Å². The largest absolute Gasteiger partial charge is 0.417 e. The second-order valence-electron chi connectivity index (χ2n) is 4.55. The summed E-state index contributed by atoms with van der Waals surface area (Å²) in [5.74, 6) is -0.909. The molecule has 0 amide bonds. The standard InChI is InChI=1S/C12H13F3N2O/c13-12(14,15)10-3-4-17-6-9(10)11(18)7-1-2-8(16)5-7/h3-4,6-8H,1-2,5,16H2. The highest BCUT2D eigenvalue weighted by Crippen LogP contribution is 2.35. The summed E-state index contributed by atoms with van der Waals surface area (Å²) in [6.07, 6.45) is -0.821. The third-order valence-corrected chi connectivity index (χ3v) is 3.24. The SMILES string of the molecule is NC1CCC(C(=O)c2cnccc2C(F)(F)F)C1. The molecule has 1 saturated carbocycles. The van der Waals surface area contributed by atoms with Crippen molar-refractivity contribution in [2.24, 2.45) is 11.7 Å². The molecule has 2 unspecified atom stereocenters. The zero-order valence-corrected chi connectivity index (χ0v) is 9.57.